The number of rotatable bonds is 12. The van der Waals surface area contributed by atoms with E-state index < -0.39 is 24.1 Å². The van der Waals surface area contributed by atoms with Crippen LogP contribution in [0.25, 0.3) is 0 Å². The van der Waals surface area contributed by atoms with Crippen LogP contribution in [0.4, 0.5) is 4.79 Å². The zero-order valence-electron chi connectivity index (χ0n) is 18.8. The van der Waals surface area contributed by atoms with Crippen molar-refractivity contribution < 1.29 is 23.9 Å². The summed E-state index contributed by atoms with van der Waals surface area (Å²) in [5.74, 6) is -0.770. The van der Waals surface area contributed by atoms with Gasteiger partial charge in [0.2, 0.25) is 5.91 Å². The number of methoxy groups -OCH3 is 1. The zero-order valence-corrected chi connectivity index (χ0v) is 18.8. The minimum Gasteiger partial charge on any atom is -0.467 e. The summed E-state index contributed by atoms with van der Waals surface area (Å²) in [6.07, 6.45) is 7.88. The van der Waals surface area contributed by atoms with Crippen LogP contribution in [0, 0.1) is 0 Å². The van der Waals surface area contributed by atoms with Crippen molar-refractivity contribution in [1.29, 1.82) is 0 Å². The predicted molar refractivity (Wildman–Crippen MR) is 118 cm³/mol. The normalized spacial score (nSPS) is 16.6. The van der Waals surface area contributed by atoms with Crippen LogP contribution in [-0.4, -0.2) is 48.6 Å². The number of nitrogens with zero attached hydrogens (tertiary/aromatic N) is 1. The van der Waals surface area contributed by atoms with Gasteiger partial charge in [-0.05, 0) is 24.8 Å². The standard InChI is InChI=1S/C24H36N2O5/c1-3-4-5-6-7-11-15-20(23(28)30-2)25-22(27)21-16-12-17-26(21)24(29)31-18-19-13-9-8-10-14-19/h8-10,13-14,20-21H,3-7,11-12,15-18H2,1-2H3,(H,25,27)/t20-,21-/m1/s1. The van der Waals surface area contributed by atoms with Crippen LogP contribution >= 0.6 is 0 Å². The molecule has 172 valence electrons. The van der Waals surface area contributed by atoms with Gasteiger partial charge in [-0.15, -0.1) is 0 Å². The molecule has 2 rings (SSSR count). The number of benzene rings is 1. The first-order valence-corrected chi connectivity index (χ1v) is 11.4. The van der Waals surface area contributed by atoms with E-state index in [2.05, 4.69) is 12.2 Å². The number of hydrogen-bond donors (Lipinski definition) is 1. The Morgan fingerprint density at radius 3 is 2.52 bits per heavy atom. The number of ether oxygens (including phenoxy) is 2. The second-order valence-electron chi connectivity index (χ2n) is 8.03. The van der Waals surface area contributed by atoms with Crippen molar-refractivity contribution in [2.75, 3.05) is 13.7 Å². The largest absolute Gasteiger partial charge is 0.467 e. The molecule has 1 aliphatic heterocycles. The van der Waals surface area contributed by atoms with E-state index in [-0.39, 0.29) is 12.5 Å². The number of unbranched alkanes of at least 4 members (excludes halogenated alkanes) is 5. The van der Waals surface area contributed by atoms with Gasteiger partial charge in [0, 0.05) is 6.54 Å². The van der Waals surface area contributed by atoms with E-state index in [1.165, 1.54) is 31.3 Å². The first-order valence-electron chi connectivity index (χ1n) is 11.4. The molecule has 0 saturated carbocycles. The fraction of sp³-hybridized carbons (Fsp3) is 0.625. The molecule has 2 atom stereocenters. The Morgan fingerprint density at radius 2 is 1.81 bits per heavy atom. The maximum absolute atomic E-state index is 12.9. The quantitative estimate of drug-likeness (QED) is 0.395. The number of carbonyl (C=O) groups is 3. The number of amides is 2. The van der Waals surface area contributed by atoms with Crippen molar-refractivity contribution >= 4 is 18.0 Å². The Kier molecular flexibility index (Phi) is 10.9. The highest BCUT2D eigenvalue weighted by Gasteiger charge is 2.36. The summed E-state index contributed by atoms with van der Waals surface area (Å²) in [6.45, 7) is 2.80. The van der Waals surface area contributed by atoms with Crippen molar-refractivity contribution in [2.24, 2.45) is 0 Å². The van der Waals surface area contributed by atoms with Gasteiger partial charge in [0.05, 0.1) is 7.11 Å². The molecule has 1 aromatic carbocycles. The van der Waals surface area contributed by atoms with Gasteiger partial charge >= 0.3 is 12.1 Å². The van der Waals surface area contributed by atoms with Gasteiger partial charge in [0.1, 0.15) is 18.7 Å². The van der Waals surface area contributed by atoms with Gasteiger partial charge in [0.15, 0.2) is 0 Å². The number of esters is 1. The Hall–Kier alpha value is -2.57. The minimum atomic E-state index is -0.688. The summed E-state index contributed by atoms with van der Waals surface area (Å²) in [5, 5.41) is 2.81. The van der Waals surface area contributed by atoms with Crippen LogP contribution in [0.5, 0.6) is 0 Å². The van der Waals surface area contributed by atoms with E-state index in [0.29, 0.717) is 19.4 Å². The van der Waals surface area contributed by atoms with E-state index in [1.54, 1.807) is 0 Å². The second-order valence-corrected chi connectivity index (χ2v) is 8.03. The molecular formula is C24H36N2O5. The Morgan fingerprint density at radius 1 is 1.10 bits per heavy atom. The molecule has 1 aliphatic rings. The maximum Gasteiger partial charge on any atom is 0.410 e. The highest BCUT2D eigenvalue weighted by atomic mass is 16.6. The second kappa shape index (κ2) is 13.7. The van der Waals surface area contributed by atoms with Crippen molar-refractivity contribution in [2.45, 2.75) is 83.4 Å². The van der Waals surface area contributed by atoms with Crippen LogP contribution in [0.15, 0.2) is 30.3 Å². The Balaban J connectivity index is 1.85. The fourth-order valence-corrected chi connectivity index (χ4v) is 3.85. The first-order chi connectivity index (χ1) is 15.1. The average molecular weight is 433 g/mol. The van der Waals surface area contributed by atoms with Crippen LogP contribution < -0.4 is 5.32 Å². The molecular weight excluding hydrogens is 396 g/mol. The fourth-order valence-electron chi connectivity index (χ4n) is 3.85. The van der Waals surface area contributed by atoms with E-state index >= 15 is 0 Å². The first kappa shape index (κ1) is 24.7. The molecule has 0 bridgehead atoms. The van der Waals surface area contributed by atoms with E-state index in [0.717, 1.165) is 31.2 Å². The third-order valence-electron chi connectivity index (χ3n) is 5.64. The summed E-state index contributed by atoms with van der Waals surface area (Å²) in [5.41, 5.74) is 0.890. The lowest BCUT2D eigenvalue weighted by atomic mass is 10.0. The smallest absolute Gasteiger partial charge is 0.410 e. The van der Waals surface area contributed by atoms with Crippen LogP contribution in [-0.2, 0) is 25.7 Å². The number of nitrogens with one attached hydrogen (secondary N) is 1. The predicted octanol–water partition coefficient (Wildman–Crippen LogP) is 4.20. The summed E-state index contributed by atoms with van der Waals surface area (Å²) in [7, 11) is 1.32. The maximum atomic E-state index is 12.9. The number of likely N-dealkylation sites (tertiary alicyclic amines) is 1. The van der Waals surface area contributed by atoms with E-state index in [1.807, 2.05) is 30.3 Å². The molecule has 2 amide bonds. The lowest BCUT2D eigenvalue weighted by Gasteiger charge is -2.25. The molecule has 1 saturated heterocycles. The SMILES string of the molecule is CCCCCCCC[C@@H](NC(=O)[C@H]1CCCN1C(=O)OCc1ccccc1)C(=O)OC. The molecule has 1 fully saturated rings. The van der Waals surface area contributed by atoms with Gasteiger partial charge in [-0.1, -0.05) is 75.8 Å². The lowest BCUT2D eigenvalue weighted by molar-refractivity contribution is -0.145. The molecule has 31 heavy (non-hydrogen) atoms. The van der Waals surface area contributed by atoms with Crippen molar-refractivity contribution in [3.8, 4) is 0 Å². The average Bonchev–Trinajstić information content (AvgIpc) is 3.29. The van der Waals surface area contributed by atoms with Crippen molar-refractivity contribution in [1.82, 2.24) is 10.2 Å². The van der Waals surface area contributed by atoms with Gasteiger partial charge in [0.25, 0.3) is 0 Å². The highest BCUT2D eigenvalue weighted by Crippen LogP contribution is 2.20. The van der Waals surface area contributed by atoms with Crippen molar-refractivity contribution in [3.63, 3.8) is 0 Å². The lowest BCUT2D eigenvalue weighted by Crippen LogP contribution is -2.51. The van der Waals surface area contributed by atoms with Crippen LogP contribution in [0.1, 0.15) is 70.3 Å². The van der Waals surface area contributed by atoms with Crippen molar-refractivity contribution in [3.05, 3.63) is 35.9 Å². The Bertz CT molecular complexity index is 694. The van der Waals surface area contributed by atoms with Gasteiger partial charge in [-0.25, -0.2) is 9.59 Å². The highest BCUT2D eigenvalue weighted by molar-refractivity contribution is 5.90. The molecule has 0 aliphatic carbocycles. The molecule has 7 nitrogen and oxygen atoms in total. The van der Waals surface area contributed by atoms with Gasteiger partial charge in [-0.2, -0.15) is 0 Å². The minimum absolute atomic E-state index is 0.160. The summed E-state index contributed by atoms with van der Waals surface area (Å²) in [4.78, 5) is 39.0. The monoisotopic (exact) mass is 432 g/mol. The number of carbonyl (C=O) groups excluding carboxylic acids is 3. The zero-order chi connectivity index (χ0) is 22.5. The Labute approximate surface area is 185 Å². The molecule has 0 unspecified atom stereocenters. The van der Waals surface area contributed by atoms with Crippen LogP contribution in [0.2, 0.25) is 0 Å². The van der Waals surface area contributed by atoms with Gasteiger partial charge in [-0.3, -0.25) is 9.69 Å². The molecule has 0 radical (unpaired) electrons. The topological polar surface area (TPSA) is 84.9 Å². The summed E-state index contributed by atoms with van der Waals surface area (Å²) >= 11 is 0. The summed E-state index contributed by atoms with van der Waals surface area (Å²) < 4.78 is 10.3. The molecule has 1 N–H and O–H groups in total. The van der Waals surface area contributed by atoms with E-state index in [9.17, 15) is 14.4 Å². The summed E-state index contributed by atoms with van der Waals surface area (Å²) in [6, 6.07) is 8.11. The molecule has 0 aromatic heterocycles. The number of hydrogen-bond acceptors (Lipinski definition) is 5. The third kappa shape index (κ3) is 8.23. The van der Waals surface area contributed by atoms with Gasteiger partial charge < -0.3 is 14.8 Å². The van der Waals surface area contributed by atoms with E-state index in [4.69, 9.17) is 9.47 Å². The molecule has 1 aromatic rings. The molecule has 7 heteroatoms. The molecule has 0 spiro atoms. The van der Waals surface area contributed by atoms with Crippen LogP contribution in [0.3, 0.4) is 0 Å². The molecule has 1 heterocycles. The third-order valence-corrected chi connectivity index (χ3v) is 5.64.